The highest BCUT2D eigenvalue weighted by atomic mass is 32.2. The summed E-state index contributed by atoms with van der Waals surface area (Å²) in [6, 6.07) is 13.3. The number of nitriles is 1. The number of aromatic nitrogens is 1. The van der Waals surface area contributed by atoms with E-state index in [1.807, 2.05) is 24.3 Å². The van der Waals surface area contributed by atoms with Crippen LogP contribution in [0.4, 0.5) is 0 Å². The van der Waals surface area contributed by atoms with Gasteiger partial charge >= 0.3 is 0 Å². The van der Waals surface area contributed by atoms with Crippen LogP contribution >= 0.6 is 0 Å². The number of hydrogen-bond donors (Lipinski definition) is 0. The lowest BCUT2D eigenvalue weighted by atomic mass is 9.96. The lowest BCUT2D eigenvalue weighted by Gasteiger charge is -2.22. The Morgan fingerprint density at radius 3 is 2.74 bits per heavy atom. The molecule has 0 saturated carbocycles. The molecule has 0 radical (unpaired) electrons. The molecule has 1 saturated heterocycles. The monoisotopic (exact) mass is 439 g/mol. The molecular formula is C21H21N5O4S. The van der Waals surface area contributed by atoms with Gasteiger partial charge in [-0.05, 0) is 36.4 Å². The van der Waals surface area contributed by atoms with E-state index in [0.29, 0.717) is 18.5 Å². The second-order valence-electron chi connectivity index (χ2n) is 7.70. The average molecular weight is 439 g/mol. The van der Waals surface area contributed by atoms with Crippen LogP contribution in [0.2, 0.25) is 0 Å². The summed E-state index contributed by atoms with van der Waals surface area (Å²) in [6.07, 6.45) is 2.35. The third kappa shape index (κ3) is 4.15. The number of hydrogen-bond acceptors (Lipinski definition) is 7. The first-order valence-corrected chi connectivity index (χ1v) is 11.2. The third-order valence-corrected chi connectivity index (χ3v) is 7.32. The molecule has 1 aromatic carbocycles. The van der Waals surface area contributed by atoms with Crippen LogP contribution in [-0.2, 0) is 26.2 Å². The Kier molecular flexibility index (Phi) is 5.47. The first-order valence-electron chi connectivity index (χ1n) is 9.74. The van der Waals surface area contributed by atoms with E-state index in [2.05, 4.69) is 10.1 Å². The van der Waals surface area contributed by atoms with Crippen LogP contribution in [-0.4, -0.2) is 60.0 Å². The smallest absolute Gasteiger partial charge is 0.271 e. The van der Waals surface area contributed by atoms with E-state index in [9.17, 15) is 13.2 Å². The number of nitrogens with zero attached hydrogens (tertiary/aromatic N) is 5. The summed E-state index contributed by atoms with van der Waals surface area (Å²) in [4.78, 5) is 24.2. The molecule has 1 spiro atoms. The lowest BCUT2D eigenvalue weighted by Crippen LogP contribution is -2.39. The minimum absolute atomic E-state index is 0.111. The Morgan fingerprint density at radius 1 is 1.29 bits per heavy atom. The molecule has 31 heavy (non-hydrogen) atoms. The molecule has 3 heterocycles. The van der Waals surface area contributed by atoms with Crippen molar-refractivity contribution >= 4 is 21.6 Å². The van der Waals surface area contributed by atoms with Gasteiger partial charge in [-0.2, -0.15) is 9.57 Å². The van der Waals surface area contributed by atoms with Gasteiger partial charge in [-0.25, -0.2) is 8.42 Å². The normalized spacial score (nSPS) is 20.8. The zero-order chi connectivity index (χ0) is 22.1. The summed E-state index contributed by atoms with van der Waals surface area (Å²) < 4.78 is 27.3. The molecule has 2 aliphatic heterocycles. The van der Waals surface area contributed by atoms with Gasteiger partial charge < -0.3 is 9.74 Å². The molecular weight excluding hydrogens is 418 g/mol. The molecule has 0 N–H and O–H groups in total. The molecule has 1 aromatic heterocycles. The lowest BCUT2D eigenvalue weighted by molar-refractivity contribution is -0.123. The SMILES string of the molecule is CN(Cc1ccccn1)C(=O)C1=NO[C@@]2(CCN(S(=O)(=O)c3ccc(C#N)cc3)C2)C1. The first kappa shape index (κ1) is 21.0. The predicted molar refractivity (Wildman–Crippen MR) is 111 cm³/mol. The van der Waals surface area contributed by atoms with Gasteiger partial charge in [0.2, 0.25) is 10.0 Å². The van der Waals surface area contributed by atoms with Crippen molar-refractivity contribution in [3.63, 3.8) is 0 Å². The fraction of sp³-hybridized carbons (Fsp3) is 0.333. The van der Waals surface area contributed by atoms with Gasteiger partial charge in [-0.3, -0.25) is 9.78 Å². The molecule has 1 fully saturated rings. The van der Waals surface area contributed by atoms with Crippen molar-refractivity contribution in [2.45, 2.75) is 29.9 Å². The number of oxime groups is 1. The van der Waals surface area contributed by atoms with Gasteiger partial charge in [0.25, 0.3) is 5.91 Å². The highest BCUT2D eigenvalue weighted by Crippen LogP contribution is 2.36. The van der Waals surface area contributed by atoms with Gasteiger partial charge in [-0.15, -0.1) is 0 Å². The summed E-state index contributed by atoms with van der Waals surface area (Å²) in [5.41, 5.74) is 0.586. The van der Waals surface area contributed by atoms with Crippen molar-refractivity contribution in [1.82, 2.24) is 14.2 Å². The van der Waals surface area contributed by atoms with Crippen LogP contribution in [0, 0.1) is 11.3 Å². The van der Waals surface area contributed by atoms with Crippen molar-refractivity contribution < 1.29 is 18.0 Å². The Morgan fingerprint density at radius 2 is 2.06 bits per heavy atom. The van der Waals surface area contributed by atoms with E-state index in [1.165, 1.54) is 33.5 Å². The predicted octanol–water partition coefficient (Wildman–Crippen LogP) is 1.52. The number of sulfonamides is 1. The maximum Gasteiger partial charge on any atom is 0.271 e. The topological polar surface area (TPSA) is 116 Å². The van der Waals surface area contributed by atoms with Gasteiger partial charge in [0.15, 0.2) is 5.60 Å². The second kappa shape index (κ2) is 8.09. The fourth-order valence-electron chi connectivity index (χ4n) is 3.75. The Labute approximate surface area is 180 Å². The van der Waals surface area contributed by atoms with Crippen molar-refractivity contribution in [2.75, 3.05) is 20.1 Å². The van der Waals surface area contributed by atoms with Crippen molar-refractivity contribution in [1.29, 1.82) is 5.26 Å². The Balaban J connectivity index is 1.41. The van der Waals surface area contributed by atoms with E-state index in [-0.39, 0.29) is 36.0 Å². The summed E-state index contributed by atoms with van der Waals surface area (Å²) in [5.74, 6) is -0.268. The summed E-state index contributed by atoms with van der Waals surface area (Å²) >= 11 is 0. The number of carbonyl (C=O) groups excluding carboxylic acids is 1. The Hall–Kier alpha value is -3.29. The minimum atomic E-state index is -3.73. The molecule has 0 bridgehead atoms. The van der Waals surface area contributed by atoms with Gasteiger partial charge in [0.05, 0.1) is 35.3 Å². The summed E-state index contributed by atoms with van der Waals surface area (Å²) in [7, 11) is -2.06. The van der Waals surface area contributed by atoms with Gasteiger partial charge in [0, 0.05) is 32.6 Å². The van der Waals surface area contributed by atoms with Crippen molar-refractivity contribution in [3.05, 3.63) is 59.9 Å². The molecule has 4 rings (SSSR count). The van der Waals surface area contributed by atoms with E-state index < -0.39 is 15.6 Å². The first-order chi connectivity index (χ1) is 14.8. The zero-order valence-electron chi connectivity index (χ0n) is 16.9. The van der Waals surface area contributed by atoms with Crippen molar-refractivity contribution in [2.24, 2.45) is 5.16 Å². The van der Waals surface area contributed by atoms with Crippen LogP contribution in [0.5, 0.6) is 0 Å². The molecule has 0 aliphatic carbocycles. The van der Waals surface area contributed by atoms with Gasteiger partial charge in [0.1, 0.15) is 5.71 Å². The van der Waals surface area contributed by atoms with Crippen LogP contribution in [0.25, 0.3) is 0 Å². The standard InChI is InChI=1S/C21H21N5O4S/c1-25(14-17-4-2-3-10-23-17)20(27)19-12-21(30-24-19)9-11-26(15-21)31(28,29)18-7-5-16(13-22)6-8-18/h2-8,10H,9,11-12,14-15H2,1H3/t21-/m0/s1. The summed E-state index contributed by atoms with van der Waals surface area (Å²) in [6.45, 7) is 0.716. The number of rotatable bonds is 5. The molecule has 0 unspecified atom stereocenters. The van der Waals surface area contributed by atoms with E-state index in [0.717, 1.165) is 5.69 Å². The zero-order valence-corrected chi connectivity index (χ0v) is 17.7. The summed E-state index contributed by atoms with van der Waals surface area (Å²) in [5, 5.41) is 12.9. The molecule has 2 aliphatic rings. The molecule has 1 amide bonds. The van der Waals surface area contributed by atoms with E-state index in [1.54, 1.807) is 13.2 Å². The maximum atomic E-state index is 13.0. The quantitative estimate of drug-likeness (QED) is 0.697. The van der Waals surface area contributed by atoms with E-state index in [4.69, 9.17) is 10.1 Å². The molecule has 10 heteroatoms. The number of benzene rings is 1. The van der Waals surface area contributed by atoms with E-state index >= 15 is 0 Å². The highest BCUT2D eigenvalue weighted by Gasteiger charge is 2.50. The number of pyridine rings is 1. The van der Waals surface area contributed by atoms with Crippen LogP contribution in [0.15, 0.2) is 58.7 Å². The van der Waals surface area contributed by atoms with Crippen molar-refractivity contribution in [3.8, 4) is 6.07 Å². The number of amides is 1. The largest absolute Gasteiger partial charge is 0.387 e. The van der Waals surface area contributed by atoms with Crippen LogP contribution < -0.4 is 0 Å². The van der Waals surface area contributed by atoms with Crippen LogP contribution in [0.3, 0.4) is 0 Å². The molecule has 9 nitrogen and oxygen atoms in total. The molecule has 160 valence electrons. The molecule has 2 aromatic rings. The average Bonchev–Trinajstić information content (AvgIpc) is 3.41. The highest BCUT2D eigenvalue weighted by molar-refractivity contribution is 7.89. The minimum Gasteiger partial charge on any atom is -0.387 e. The fourth-order valence-corrected chi connectivity index (χ4v) is 5.26. The maximum absolute atomic E-state index is 13.0. The molecule has 1 atom stereocenters. The third-order valence-electron chi connectivity index (χ3n) is 5.46. The second-order valence-corrected chi connectivity index (χ2v) is 9.63. The Bertz CT molecular complexity index is 1160. The number of carbonyl (C=O) groups is 1. The van der Waals surface area contributed by atoms with Crippen LogP contribution in [0.1, 0.15) is 24.1 Å². The van der Waals surface area contributed by atoms with Gasteiger partial charge in [-0.1, -0.05) is 11.2 Å².